The summed E-state index contributed by atoms with van der Waals surface area (Å²) >= 11 is 0. The predicted octanol–water partition coefficient (Wildman–Crippen LogP) is -1.75. The number of aliphatic hydroxyl groups excluding tert-OH is 4. The van der Waals surface area contributed by atoms with Gasteiger partial charge in [0.2, 0.25) is 0 Å². The first-order valence-corrected chi connectivity index (χ1v) is 5.39. The standard InChI is InChI=1S/C10H20O6/c1-5(2)16-7-4-15-6(3-11)8(12)10(14)9(7)13/h5-14H,3-4H2,1-2H3/t6?,7-,8+,9?,10-/m1/s1. The number of ether oxygens (including phenoxy) is 2. The van der Waals surface area contributed by atoms with Gasteiger partial charge in [-0.3, -0.25) is 0 Å². The summed E-state index contributed by atoms with van der Waals surface area (Å²) in [5, 5.41) is 37.9. The highest BCUT2D eigenvalue weighted by molar-refractivity contribution is 4.89. The Bertz CT molecular complexity index is 209. The van der Waals surface area contributed by atoms with Crippen LogP contribution in [0.2, 0.25) is 0 Å². The van der Waals surface area contributed by atoms with Gasteiger partial charge < -0.3 is 29.9 Å². The molecule has 0 aliphatic carbocycles. The molecule has 0 saturated carbocycles. The minimum absolute atomic E-state index is 0.0265. The molecule has 16 heavy (non-hydrogen) atoms. The van der Waals surface area contributed by atoms with Crippen molar-refractivity contribution in [3.63, 3.8) is 0 Å². The number of hydrogen-bond acceptors (Lipinski definition) is 6. The normalized spacial score (nSPS) is 41.1. The lowest BCUT2D eigenvalue weighted by Crippen LogP contribution is -2.47. The summed E-state index contributed by atoms with van der Waals surface area (Å²) < 4.78 is 10.5. The van der Waals surface area contributed by atoms with E-state index < -0.39 is 37.1 Å². The van der Waals surface area contributed by atoms with Crippen LogP contribution in [0.4, 0.5) is 0 Å². The van der Waals surface area contributed by atoms with Gasteiger partial charge in [0.15, 0.2) is 0 Å². The van der Waals surface area contributed by atoms with Crippen molar-refractivity contribution in [2.45, 2.75) is 50.5 Å². The van der Waals surface area contributed by atoms with Crippen molar-refractivity contribution in [3.8, 4) is 0 Å². The Morgan fingerprint density at radius 3 is 2.31 bits per heavy atom. The molecule has 1 aliphatic heterocycles. The van der Waals surface area contributed by atoms with Gasteiger partial charge in [-0.2, -0.15) is 0 Å². The molecule has 0 aromatic rings. The Kier molecular flexibility index (Phi) is 5.10. The summed E-state index contributed by atoms with van der Waals surface area (Å²) in [5.41, 5.74) is 0. The minimum atomic E-state index is -1.39. The Balaban J connectivity index is 2.70. The van der Waals surface area contributed by atoms with E-state index in [0.717, 1.165) is 0 Å². The minimum Gasteiger partial charge on any atom is -0.394 e. The highest BCUT2D eigenvalue weighted by atomic mass is 16.6. The van der Waals surface area contributed by atoms with Crippen LogP contribution in [0.15, 0.2) is 0 Å². The van der Waals surface area contributed by atoms with Gasteiger partial charge >= 0.3 is 0 Å². The molecule has 96 valence electrons. The van der Waals surface area contributed by atoms with Crippen LogP contribution in [0.1, 0.15) is 13.8 Å². The largest absolute Gasteiger partial charge is 0.394 e. The average Bonchev–Trinajstić information content (AvgIpc) is 2.32. The zero-order valence-electron chi connectivity index (χ0n) is 9.48. The lowest BCUT2D eigenvalue weighted by Gasteiger charge is -2.26. The molecule has 1 fully saturated rings. The predicted molar refractivity (Wildman–Crippen MR) is 54.9 cm³/mol. The van der Waals surface area contributed by atoms with E-state index in [1.807, 2.05) is 0 Å². The summed E-state index contributed by atoms with van der Waals surface area (Å²) in [4.78, 5) is 0. The summed E-state index contributed by atoms with van der Waals surface area (Å²) in [6.45, 7) is 3.20. The third-order valence-corrected chi connectivity index (χ3v) is 2.56. The smallest absolute Gasteiger partial charge is 0.111 e. The zero-order valence-corrected chi connectivity index (χ0v) is 9.48. The van der Waals surface area contributed by atoms with E-state index in [2.05, 4.69) is 0 Å². The first kappa shape index (κ1) is 13.8. The number of aliphatic hydroxyl groups is 4. The molecule has 6 heteroatoms. The fraction of sp³-hybridized carbons (Fsp3) is 1.00. The summed E-state index contributed by atoms with van der Waals surface area (Å²) in [6.07, 6.45) is -5.66. The van der Waals surface area contributed by atoms with E-state index in [1.54, 1.807) is 13.8 Å². The van der Waals surface area contributed by atoms with Crippen molar-refractivity contribution in [1.82, 2.24) is 0 Å². The van der Waals surface area contributed by atoms with Crippen molar-refractivity contribution in [1.29, 1.82) is 0 Å². The first-order chi connectivity index (χ1) is 7.47. The number of rotatable bonds is 3. The van der Waals surface area contributed by atoms with Crippen LogP contribution >= 0.6 is 0 Å². The van der Waals surface area contributed by atoms with Crippen LogP contribution in [0.5, 0.6) is 0 Å². The van der Waals surface area contributed by atoms with Crippen molar-refractivity contribution in [3.05, 3.63) is 0 Å². The summed E-state index contributed by atoms with van der Waals surface area (Å²) in [7, 11) is 0. The van der Waals surface area contributed by atoms with Gasteiger partial charge in [-0.25, -0.2) is 0 Å². The molecule has 4 N–H and O–H groups in total. The van der Waals surface area contributed by atoms with Crippen molar-refractivity contribution < 1.29 is 29.9 Å². The molecule has 0 aromatic heterocycles. The highest BCUT2D eigenvalue weighted by Gasteiger charge is 2.40. The van der Waals surface area contributed by atoms with E-state index in [-0.39, 0.29) is 12.7 Å². The van der Waals surface area contributed by atoms with E-state index in [1.165, 1.54) is 0 Å². The van der Waals surface area contributed by atoms with Crippen LogP contribution in [0.3, 0.4) is 0 Å². The van der Waals surface area contributed by atoms with Gasteiger partial charge in [0.25, 0.3) is 0 Å². The summed E-state index contributed by atoms with van der Waals surface area (Å²) in [6, 6.07) is 0. The fourth-order valence-electron chi connectivity index (χ4n) is 1.69. The topological polar surface area (TPSA) is 99.4 Å². The molecule has 5 atom stereocenters. The Morgan fingerprint density at radius 2 is 1.81 bits per heavy atom. The molecule has 1 saturated heterocycles. The fourth-order valence-corrected chi connectivity index (χ4v) is 1.69. The average molecular weight is 236 g/mol. The van der Waals surface area contributed by atoms with E-state index >= 15 is 0 Å². The van der Waals surface area contributed by atoms with Gasteiger partial charge in [0.05, 0.1) is 19.3 Å². The second kappa shape index (κ2) is 5.90. The Hall–Kier alpha value is -0.240. The molecule has 0 amide bonds. The van der Waals surface area contributed by atoms with Crippen molar-refractivity contribution >= 4 is 0 Å². The molecule has 6 nitrogen and oxygen atoms in total. The molecule has 1 aliphatic rings. The second-order valence-electron chi connectivity index (χ2n) is 4.25. The molecule has 0 aromatic carbocycles. The van der Waals surface area contributed by atoms with E-state index in [9.17, 15) is 15.3 Å². The van der Waals surface area contributed by atoms with Crippen LogP contribution in [-0.2, 0) is 9.47 Å². The third kappa shape index (κ3) is 3.13. The second-order valence-corrected chi connectivity index (χ2v) is 4.25. The summed E-state index contributed by atoms with van der Waals surface area (Å²) in [5.74, 6) is 0. The molecule has 1 heterocycles. The Labute approximate surface area is 94.4 Å². The van der Waals surface area contributed by atoms with Crippen molar-refractivity contribution in [2.24, 2.45) is 0 Å². The molecule has 1 rings (SSSR count). The highest BCUT2D eigenvalue weighted by Crippen LogP contribution is 2.19. The quantitative estimate of drug-likeness (QED) is 0.464. The maximum Gasteiger partial charge on any atom is 0.111 e. The molecular weight excluding hydrogens is 216 g/mol. The van der Waals surface area contributed by atoms with Gasteiger partial charge in [-0.05, 0) is 13.8 Å². The Morgan fingerprint density at radius 1 is 1.19 bits per heavy atom. The monoisotopic (exact) mass is 236 g/mol. The molecular formula is C10H20O6. The molecule has 2 unspecified atom stereocenters. The van der Waals surface area contributed by atoms with Crippen LogP contribution in [0, 0.1) is 0 Å². The van der Waals surface area contributed by atoms with Gasteiger partial charge in [-0.15, -0.1) is 0 Å². The lowest BCUT2D eigenvalue weighted by molar-refractivity contribution is -0.125. The van der Waals surface area contributed by atoms with Crippen LogP contribution < -0.4 is 0 Å². The van der Waals surface area contributed by atoms with Crippen LogP contribution in [-0.4, -0.2) is 70.3 Å². The van der Waals surface area contributed by atoms with Gasteiger partial charge in [0, 0.05) is 0 Å². The maximum absolute atomic E-state index is 9.75. The number of hydrogen-bond donors (Lipinski definition) is 4. The van der Waals surface area contributed by atoms with E-state index in [0.29, 0.717) is 0 Å². The maximum atomic E-state index is 9.75. The lowest BCUT2D eigenvalue weighted by atomic mass is 10.0. The van der Waals surface area contributed by atoms with Gasteiger partial charge in [-0.1, -0.05) is 0 Å². The SMILES string of the molecule is CC(C)O[C@@H]1COC(CO)[C@H](O)[C@@H](O)C1O. The van der Waals surface area contributed by atoms with Crippen molar-refractivity contribution in [2.75, 3.05) is 13.2 Å². The van der Waals surface area contributed by atoms with E-state index in [4.69, 9.17) is 14.6 Å². The molecule has 0 bridgehead atoms. The van der Waals surface area contributed by atoms with Gasteiger partial charge in [0.1, 0.15) is 30.5 Å². The van der Waals surface area contributed by atoms with Crippen LogP contribution in [0.25, 0.3) is 0 Å². The molecule has 0 spiro atoms. The third-order valence-electron chi connectivity index (χ3n) is 2.56. The molecule has 0 radical (unpaired) electrons. The zero-order chi connectivity index (χ0) is 12.3. The first-order valence-electron chi connectivity index (χ1n) is 5.39.